The standard InChI is InChI=1S/C19H17FN4O2/c1-26-14-8-6-13(7-9-14)18-22-21-17-12-23(10-11-24(17)18)19(25)15-4-2-3-5-16(15)20/h2-9H,10-12H2,1H3. The molecule has 2 heterocycles. The Labute approximate surface area is 149 Å². The summed E-state index contributed by atoms with van der Waals surface area (Å²) in [4.78, 5) is 14.2. The second-order valence-corrected chi connectivity index (χ2v) is 6.03. The summed E-state index contributed by atoms with van der Waals surface area (Å²) in [5.41, 5.74) is 1.01. The Kier molecular flexibility index (Phi) is 4.12. The van der Waals surface area contributed by atoms with Gasteiger partial charge in [-0.05, 0) is 36.4 Å². The molecule has 2 aromatic carbocycles. The molecule has 0 bridgehead atoms. The minimum absolute atomic E-state index is 0.0795. The number of rotatable bonds is 3. The van der Waals surface area contributed by atoms with Crippen LogP contribution >= 0.6 is 0 Å². The topological polar surface area (TPSA) is 60.3 Å². The normalized spacial score (nSPS) is 13.4. The maximum Gasteiger partial charge on any atom is 0.257 e. The van der Waals surface area contributed by atoms with Crippen LogP contribution in [0.25, 0.3) is 11.4 Å². The highest BCUT2D eigenvalue weighted by atomic mass is 19.1. The summed E-state index contributed by atoms with van der Waals surface area (Å²) in [5, 5.41) is 8.49. The number of hydrogen-bond acceptors (Lipinski definition) is 4. The van der Waals surface area contributed by atoms with Crippen molar-refractivity contribution in [2.24, 2.45) is 0 Å². The van der Waals surface area contributed by atoms with Crippen molar-refractivity contribution < 1.29 is 13.9 Å². The van der Waals surface area contributed by atoms with E-state index in [-0.39, 0.29) is 11.5 Å². The molecule has 1 aromatic heterocycles. The molecule has 0 fully saturated rings. The Morgan fingerprint density at radius 3 is 2.58 bits per heavy atom. The average Bonchev–Trinajstić information content (AvgIpc) is 3.11. The lowest BCUT2D eigenvalue weighted by atomic mass is 10.1. The lowest BCUT2D eigenvalue weighted by Crippen LogP contribution is -2.38. The Morgan fingerprint density at radius 1 is 1.08 bits per heavy atom. The third kappa shape index (κ3) is 2.81. The molecular weight excluding hydrogens is 335 g/mol. The van der Waals surface area contributed by atoms with Crippen molar-refractivity contribution in [3.05, 3.63) is 65.7 Å². The SMILES string of the molecule is COc1ccc(-c2nnc3n2CCN(C(=O)c2ccccc2F)C3)cc1. The zero-order chi connectivity index (χ0) is 18.1. The number of hydrogen-bond donors (Lipinski definition) is 0. The highest BCUT2D eigenvalue weighted by Gasteiger charge is 2.26. The molecule has 3 aromatic rings. The summed E-state index contributed by atoms with van der Waals surface area (Å²) in [6.07, 6.45) is 0. The van der Waals surface area contributed by atoms with Crippen molar-refractivity contribution >= 4 is 5.91 Å². The number of carbonyl (C=O) groups is 1. The van der Waals surface area contributed by atoms with Gasteiger partial charge in [0.1, 0.15) is 11.6 Å². The van der Waals surface area contributed by atoms with Gasteiger partial charge in [0, 0.05) is 18.7 Å². The number of fused-ring (bicyclic) bond motifs is 1. The van der Waals surface area contributed by atoms with Crippen LogP contribution in [0.2, 0.25) is 0 Å². The van der Waals surface area contributed by atoms with Crippen LogP contribution in [0.3, 0.4) is 0 Å². The van der Waals surface area contributed by atoms with E-state index in [1.54, 1.807) is 24.1 Å². The molecule has 0 radical (unpaired) electrons. The van der Waals surface area contributed by atoms with E-state index in [0.717, 1.165) is 17.1 Å². The van der Waals surface area contributed by atoms with Crippen LogP contribution in [-0.2, 0) is 13.1 Å². The van der Waals surface area contributed by atoms with Crippen molar-refractivity contribution in [1.29, 1.82) is 0 Å². The molecule has 132 valence electrons. The molecule has 0 saturated heterocycles. The number of carbonyl (C=O) groups excluding carboxylic acids is 1. The summed E-state index contributed by atoms with van der Waals surface area (Å²) in [6, 6.07) is 13.6. The molecule has 0 spiro atoms. The predicted molar refractivity (Wildman–Crippen MR) is 93.2 cm³/mol. The van der Waals surface area contributed by atoms with Gasteiger partial charge in [0.2, 0.25) is 0 Å². The molecule has 0 unspecified atom stereocenters. The molecule has 0 N–H and O–H groups in total. The van der Waals surface area contributed by atoms with Crippen LogP contribution in [0.1, 0.15) is 16.2 Å². The third-order valence-corrected chi connectivity index (χ3v) is 4.49. The van der Waals surface area contributed by atoms with Gasteiger partial charge in [-0.15, -0.1) is 10.2 Å². The minimum Gasteiger partial charge on any atom is -0.497 e. The molecule has 1 aliphatic rings. The van der Waals surface area contributed by atoms with Crippen molar-refractivity contribution in [3.63, 3.8) is 0 Å². The summed E-state index contributed by atoms with van der Waals surface area (Å²) in [6.45, 7) is 1.33. The van der Waals surface area contributed by atoms with Gasteiger partial charge in [-0.25, -0.2) is 4.39 Å². The molecule has 0 atom stereocenters. The first-order valence-electron chi connectivity index (χ1n) is 8.27. The van der Waals surface area contributed by atoms with E-state index < -0.39 is 5.82 Å². The highest BCUT2D eigenvalue weighted by Crippen LogP contribution is 2.24. The van der Waals surface area contributed by atoms with E-state index in [9.17, 15) is 9.18 Å². The molecule has 26 heavy (non-hydrogen) atoms. The van der Waals surface area contributed by atoms with E-state index in [4.69, 9.17) is 4.74 Å². The molecule has 7 heteroatoms. The Morgan fingerprint density at radius 2 is 1.85 bits per heavy atom. The molecule has 0 aliphatic carbocycles. The molecular formula is C19H17FN4O2. The van der Waals surface area contributed by atoms with Gasteiger partial charge in [-0.3, -0.25) is 4.79 Å². The molecule has 1 aliphatic heterocycles. The fourth-order valence-corrected chi connectivity index (χ4v) is 3.09. The molecule has 4 rings (SSSR count). The van der Waals surface area contributed by atoms with Gasteiger partial charge in [-0.1, -0.05) is 12.1 Å². The first kappa shape index (κ1) is 16.3. The van der Waals surface area contributed by atoms with Crippen molar-refractivity contribution in [1.82, 2.24) is 19.7 Å². The third-order valence-electron chi connectivity index (χ3n) is 4.49. The van der Waals surface area contributed by atoms with Crippen LogP contribution in [0.4, 0.5) is 4.39 Å². The lowest BCUT2D eigenvalue weighted by Gasteiger charge is -2.28. The number of amides is 1. The number of aromatic nitrogens is 3. The zero-order valence-corrected chi connectivity index (χ0v) is 14.2. The van der Waals surface area contributed by atoms with E-state index in [2.05, 4.69) is 10.2 Å². The van der Waals surface area contributed by atoms with Crippen LogP contribution in [0.15, 0.2) is 48.5 Å². The Hall–Kier alpha value is -3.22. The maximum atomic E-state index is 13.9. The smallest absolute Gasteiger partial charge is 0.257 e. The first-order chi connectivity index (χ1) is 12.7. The van der Waals surface area contributed by atoms with Gasteiger partial charge in [0.15, 0.2) is 11.6 Å². The number of methoxy groups -OCH3 is 1. The van der Waals surface area contributed by atoms with Crippen molar-refractivity contribution in [3.8, 4) is 17.1 Å². The Bertz CT molecular complexity index is 952. The Balaban J connectivity index is 1.58. The first-order valence-corrected chi connectivity index (χ1v) is 8.27. The van der Waals surface area contributed by atoms with E-state index in [1.165, 1.54) is 12.1 Å². The van der Waals surface area contributed by atoms with Crippen LogP contribution in [-0.4, -0.2) is 39.2 Å². The molecule has 0 saturated carbocycles. The van der Waals surface area contributed by atoms with Gasteiger partial charge in [-0.2, -0.15) is 0 Å². The number of nitrogens with zero attached hydrogens (tertiary/aromatic N) is 4. The number of benzene rings is 2. The highest BCUT2D eigenvalue weighted by molar-refractivity contribution is 5.94. The monoisotopic (exact) mass is 352 g/mol. The van der Waals surface area contributed by atoms with Crippen LogP contribution in [0.5, 0.6) is 5.75 Å². The van der Waals surface area contributed by atoms with E-state index in [0.29, 0.717) is 25.5 Å². The van der Waals surface area contributed by atoms with Gasteiger partial charge in [0.25, 0.3) is 5.91 Å². The second kappa shape index (κ2) is 6.59. The number of halogens is 1. The maximum absolute atomic E-state index is 13.9. The van der Waals surface area contributed by atoms with E-state index in [1.807, 2.05) is 28.8 Å². The lowest BCUT2D eigenvalue weighted by molar-refractivity contribution is 0.0703. The predicted octanol–water partition coefficient (Wildman–Crippen LogP) is 2.75. The van der Waals surface area contributed by atoms with Crippen LogP contribution in [0, 0.1) is 5.82 Å². The quantitative estimate of drug-likeness (QED) is 0.727. The molecule has 6 nitrogen and oxygen atoms in total. The summed E-state index contributed by atoms with van der Waals surface area (Å²) in [5.74, 6) is 1.37. The van der Waals surface area contributed by atoms with Crippen molar-refractivity contribution in [2.45, 2.75) is 13.1 Å². The average molecular weight is 352 g/mol. The van der Waals surface area contributed by atoms with Crippen molar-refractivity contribution in [2.75, 3.05) is 13.7 Å². The second-order valence-electron chi connectivity index (χ2n) is 6.03. The number of ether oxygens (including phenoxy) is 1. The van der Waals surface area contributed by atoms with Gasteiger partial charge in [0.05, 0.1) is 19.2 Å². The zero-order valence-electron chi connectivity index (χ0n) is 14.2. The van der Waals surface area contributed by atoms with Gasteiger partial charge < -0.3 is 14.2 Å². The summed E-state index contributed by atoms with van der Waals surface area (Å²) in [7, 11) is 1.62. The minimum atomic E-state index is -0.511. The summed E-state index contributed by atoms with van der Waals surface area (Å²) >= 11 is 0. The fraction of sp³-hybridized carbons (Fsp3) is 0.211. The molecule has 1 amide bonds. The van der Waals surface area contributed by atoms with Crippen LogP contribution < -0.4 is 4.74 Å². The summed E-state index contributed by atoms with van der Waals surface area (Å²) < 4.78 is 21.1. The van der Waals surface area contributed by atoms with Gasteiger partial charge >= 0.3 is 0 Å². The van der Waals surface area contributed by atoms with E-state index >= 15 is 0 Å². The largest absolute Gasteiger partial charge is 0.497 e. The fourth-order valence-electron chi connectivity index (χ4n) is 3.09.